The number of nitrogens with zero attached hydrogens (tertiary/aromatic N) is 1. The van der Waals surface area contributed by atoms with Crippen LogP contribution in [-0.2, 0) is 4.74 Å². The van der Waals surface area contributed by atoms with E-state index < -0.39 is 0 Å². The van der Waals surface area contributed by atoms with Gasteiger partial charge in [-0.25, -0.2) is 0 Å². The number of aliphatic hydroxyl groups excluding tert-OH is 1. The molecule has 4 heteroatoms. The maximum atomic E-state index is 9.87. The Morgan fingerprint density at radius 3 is 2.56 bits per heavy atom. The fourth-order valence-corrected chi connectivity index (χ4v) is 2.28. The molecular formula is C12H24N2O2. The van der Waals surface area contributed by atoms with E-state index in [1.165, 1.54) is 12.8 Å². The summed E-state index contributed by atoms with van der Waals surface area (Å²) in [5.41, 5.74) is 0. The zero-order chi connectivity index (χ0) is 11.4. The van der Waals surface area contributed by atoms with E-state index in [9.17, 15) is 5.11 Å². The van der Waals surface area contributed by atoms with Gasteiger partial charge in [0.25, 0.3) is 0 Å². The molecule has 1 aliphatic carbocycles. The molecule has 16 heavy (non-hydrogen) atoms. The van der Waals surface area contributed by atoms with Gasteiger partial charge in [0.15, 0.2) is 0 Å². The summed E-state index contributed by atoms with van der Waals surface area (Å²) in [4.78, 5) is 2.34. The highest BCUT2D eigenvalue weighted by Crippen LogP contribution is 2.18. The summed E-state index contributed by atoms with van der Waals surface area (Å²) < 4.78 is 5.33. The van der Waals surface area contributed by atoms with Crippen molar-refractivity contribution in [3.05, 3.63) is 0 Å². The minimum Gasteiger partial charge on any atom is -0.390 e. The smallest absolute Gasteiger partial charge is 0.0791 e. The zero-order valence-corrected chi connectivity index (χ0v) is 10.2. The molecule has 1 unspecified atom stereocenters. The molecule has 2 fully saturated rings. The van der Waals surface area contributed by atoms with E-state index in [0.717, 1.165) is 39.0 Å². The number of hydrogen-bond acceptors (Lipinski definition) is 4. The first kappa shape index (κ1) is 12.3. The van der Waals surface area contributed by atoms with Gasteiger partial charge in [-0.2, -0.15) is 0 Å². The molecule has 1 aliphatic heterocycles. The van der Waals surface area contributed by atoms with Crippen molar-refractivity contribution in [1.82, 2.24) is 10.2 Å². The predicted molar refractivity (Wildman–Crippen MR) is 63.5 cm³/mol. The maximum Gasteiger partial charge on any atom is 0.0791 e. The summed E-state index contributed by atoms with van der Waals surface area (Å²) in [6.45, 7) is 3.66. The zero-order valence-electron chi connectivity index (χ0n) is 10.2. The van der Waals surface area contributed by atoms with Gasteiger partial charge in [-0.05, 0) is 25.7 Å². The van der Waals surface area contributed by atoms with Crippen LogP contribution in [0.15, 0.2) is 0 Å². The van der Waals surface area contributed by atoms with Crippen molar-refractivity contribution in [1.29, 1.82) is 0 Å². The number of ether oxygens (including phenoxy) is 1. The summed E-state index contributed by atoms with van der Waals surface area (Å²) in [7, 11) is 1.79. The van der Waals surface area contributed by atoms with Crippen LogP contribution in [-0.4, -0.2) is 61.5 Å². The van der Waals surface area contributed by atoms with Gasteiger partial charge in [-0.3, -0.25) is 0 Å². The summed E-state index contributed by atoms with van der Waals surface area (Å²) in [5, 5.41) is 13.2. The first-order chi connectivity index (χ1) is 7.78. The molecule has 94 valence electrons. The van der Waals surface area contributed by atoms with Crippen LogP contribution >= 0.6 is 0 Å². The molecule has 1 saturated heterocycles. The molecule has 1 atom stereocenters. The third kappa shape index (κ3) is 4.01. The van der Waals surface area contributed by atoms with Crippen LogP contribution in [0.3, 0.4) is 0 Å². The van der Waals surface area contributed by atoms with Crippen LogP contribution in [0.1, 0.15) is 25.7 Å². The summed E-state index contributed by atoms with van der Waals surface area (Å²) in [6.07, 6.45) is 4.97. The minimum atomic E-state index is -0.223. The lowest BCUT2D eigenvalue weighted by Gasteiger charge is -2.32. The Hall–Kier alpha value is -0.160. The third-order valence-electron chi connectivity index (χ3n) is 3.56. The molecule has 1 heterocycles. The predicted octanol–water partition coefficient (Wildman–Crippen LogP) is 0.210. The van der Waals surface area contributed by atoms with E-state index in [0.29, 0.717) is 12.1 Å². The number of piperidine rings is 1. The van der Waals surface area contributed by atoms with Crippen molar-refractivity contribution in [2.24, 2.45) is 0 Å². The van der Waals surface area contributed by atoms with Gasteiger partial charge >= 0.3 is 0 Å². The minimum absolute atomic E-state index is 0.223. The van der Waals surface area contributed by atoms with Gasteiger partial charge < -0.3 is 20.1 Å². The molecule has 2 N–H and O–H groups in total. The van der Waals surface area contributed by atoms with E-state index in [1.807, 2.05) is 0 Å². The van der Waals surface area contributed by atoms with Gasteiger partial charge in [0.05, 0.1) is 12.2 Å². The average Bonchev–Trinajstić information content (AvgIpc) is 3.11. The van der Waals surface area contributed by atoms with Gasteiger partial charge in [0.1, 0.15) is 0 Å². The molecular weight excluding hydrogens is 204 g/mol. The second-order valence-electron chi connectivity index (χ2n) is 5.07. The Balaban J connectivity index is 1.57. The molecule has 4 nitrogen and oxygen atoms in total. The van der Waals surface area contributed by atoms with Crippen molar-refractivity contribution in [3.8, 4) is 0 Å². The van der Waals surface area contributed by atoms with Gasteiger partial charge in [0.2, 0.25) is 0 Å². The van der Waals surface area contributed by atoms with Crippen LogP contribution in [0.25, 0.3) is 0 Å². The highest BCUT2D eigenvalue weighted by molar-refractivity contribution is 4.83. The highest BCUT2D eigenvalue weighted by atomic mass is 16.5. The first-order valence-electron chi connectivity index (χ1n) is 6.44. The third-order valence-corrected chi connectivity index (χ3v) is 3.56. The second-order valence-corrected chi connectivity index (χ2v) is 5.07. The number of methoxy groups -OCH3 is 1. The molecule has 0 radical (unpaired) electrons. The molecule has 0 aromatic rings. The lowest BCUT2D eigenvalue weighted by Crippen LogP contribution is -2.43. The molecule has 0 aromatic carbocycles. The number of β-amino-alcohol motifs (C(OH)–C–C–N with tert-alkyl or cyclic N) is 1. The van der Waals surface area contributed by atoms with Crippen molar-refractivity contribution in [2.75, 3.05) is 33.3 Å². The molecule has 0 aromatic heterocycles. The van der Waals surface area contributed by atoms with Crippen LogP contribution in [0.4, 0.5) is 0 Å². The molecule has 1 saturated carbocycles. The fourth-order valence-electron chi connectivity index (χ4n) is 2.28. The van der Waals surface area contributed by atoms with Crippen LogP contribution in [0.2, 0.25) is 0 Å². The Kier molecular flexibility index (Phi) is 4.58. The number of rotatable bonds is 6. The van der Waals surface area contributed by atoms with Gasteiger partial charge in [0, 0.05) is 39.3 Å². The summed E-state index contributed by atoms with van der Waals surface area (Å²) >= 11 is 0. The van der Waals surface area contributed by atoms with E-state index in [-0.39, 0.29) is 6.10 Å². The second kappa shape index (κ2) is 5.96. The Bertz CT molecular complexity index is 201. The van der Waals surface area contributed by atoms with E-state index in [2.05, 4.69) is 10.2 Å². The fraction of sp³-hybridized carbons (Fsp3) is 1.00. The van der Waals surface area contributed by atoms with E-state index in [4.69, 9.17) is 4.74 Å². The Morgan fingerprint density at radius 2 is 2.00 bits per heavy atom. The van der Waals surface area contributed by atoms with Gasteiger partial charge in [-0.1, -0.05) is 0 Å². The van der Waals surface area contributed by atoms with Crippen molar-refractivity contribution in [2.45, 2.75) is 43.9 Å². The van der Waals surface area contributed by atoms with Crippen molar-refractivity contribution in [3.63, 3.8) is 0 Å². The number of hydrogen-bond donors (Lipinski definition) is 2. The topological polar surface area (TPSA) is 44.7 Å². The number of nitrogens with one attached hydrogen (secondary N) is 1. The molecule has 0 spiro atoms. The summed E-state index contributed by atoms with van der Waals surface area (Å²) in [5.74, 6) is 0. The maximum absolute atomic E-state index is 9.87. The first-order valence-corrected chi connectivity index (χ1v) is 6.44. The standard InChI is InChI=1S/C12H24N2O2/c1-16-12-4-6-14(7-5-12)9-11(15)8-13-10-2-3-10/h10-13,15H,2-9H2,1H3. The SMILES string of the molecule is COC1CCN(CC(O)CNC2CC2)CC1. The Labute approximate surface area is 98.0 Å². The quantitative estimate of drug-likeness (QED) is 0.682. The highest BCUT2D eigenvalue weighted by Gasteiger charge is 2.23. The molecule has 2 rings (SSSR count). The number of likely N-dealkylation sites (tertiary alicyclic amines) is 1. The molecule has 2 aliphatic rings. The molecule has 0 amide bonds. The van der Waals surface area contributed by atoms with E-state index >= 15 is 0 Å². The van der Waals surface area contributed by atoms with Crippen LogP contribution in [0, 0.1) is 0 Å². The summed E-state index contributed by atoms with van der Waals surface area (Å²) in [6, 6.07) is 0.689. The normalized spacial score (nSPS) is 25.9. The average molecular weight is 228 g/mol. The lowest BCUT2D eigenvalue weighted by atomic mass is 10.1. The van der Waals surface area contributed by atoms with Crippen LogP contribution in [0.5, 0.6) is 0 Å². The van der Waals surface area contributed by atoms with Gasteiger partial charge in [-0.15, -0.1) is 0 Å². The largest absolute Gasteiger partial charge is 0.390 e. The molecule has 0 bridgehead atoms. The number of aliphatic hydroxyl groups is 1. The van der Waals surface area contributed by atoms with E-state index in [1.54, 1.807) is 7.11 Å². The monoisotopic (exact) mass is 228 g/mol. The lowest BCUT2D eigenvalue weighted by molar-refractivity contribution is 0.0246. The van der Waals surface area contributed by atoms with Crippen molar-refractivity contribution >= 4 is 0 Å². The van der Waals surface area contributed by atoms with Crippen molar-refractivity contribution < 1.29 is 9.84 Å². The van der Waals surface area contributed by atoms with Crippen LogP contribution < -0.4 is 5.32 Å². The Morgan fingerprint density at radius 1 is 1.31 bits per heavy atom.